The molecular weight excluding hydrogens is 291 g/mol. The summed E-state index contributed by atoms with van der Waals surface area (Å²) in [5.41, 5.74) is 1.24. The summed E-state index contributed by atoms with van der Waals surface area (Å²) in [5.74, 6) is -0.355. The van der Waals surface area contributed by atoms with Crippen LogP contribution in [0.2, 0.25) is 0 Å². The van der Waals surface area contributed by atoms with Crippen LogP contribution in [-0.4, -0.2) is 58.5 Å². The van der Waals surface area contributed by atoms with Crippen LogP contribution in [0.4, 0.5) is 4.39 Å². The van der Waals surface area contributed by atoms with Gasteiger partial charge in [0, 0.05) is 31.7 Å². The third-order valence-electron chi connectivity index (χ3n) is 3.59. The SMILES string of the molecule is CN1CCN(C(=O)c2snnc2-c2ccc(F)cc2)CC1. The van der Waals surface area contributed by atoms with Crippen LogP contribution in [0, 0.1) is 5.82 Å². The Morgan fingerprint density at radius 3 is 2.52 bits per heavy atom. The number of likely N-dealkylation sites (N-methyl/N-ethyl adjacent to an activating group) is 1. The molecule has 0 spiro atoms. The summed E-state index contributed by atoms with van der Waals surface area (Å²) in [7, 11) is 2.04. The maximum Gasteiger partial charge on any atom is 0.267 e. The Balaban J connectivity index is 1.85. The van der Waals surface area contributed by atoms with Gasteiger partial charge in [0.2, 0.25) is 0 Å². The zero-order valence-corrected chi connectivity index (χ0v) is 12.4. The number of carbonyl (C=O) groups is 1. The summed E-state index contributed by atoms with van der Waals surface area (Å²) in [6.07, 6.45) is 0. The number of benzene rings is 1. The highest BCUT2D eigenvalue weighted by atomic mass is 32.1. The molecule has 0 saturated carbocycles. The number of carbonyl (C=O) groups excluding carboxylic acids is 1. The van der Waals surface area contributed by atoms with E-state index in [4.69, 9.17) is 0 Å². The topological polar surface area (TPSA) is 49.3 Å². The first-order valence-electron chi connectivity index (χ1n) is 6.71. The van der Waals surface area contributed by atoms with Crippen LogP contribution in [0.25, 0.3) is 11.3 Å². The fraction of sp³-hybridized carbons (Fsp3) is 0.357. The summed E-state index contributed by atoms with van der Waals surface area (Å²) in [4.78, 5) is 17.1. The number of hydrogen-bond donors (Lipinski definition) is 0. The molecule has 0 bridgehead atoms. The Labute approximate surface area is 126 Å². The minimum atomic E-state index is -0.311. The Kier molecular flexibility index (Phi) is 3.94. The van der Waals surface area contributed by atoms with Crippen LogP contribution in [0.3, 0.4) is 0 Å². The second-order valence-electron chi connectivity index (χ2n) is 5.05. The molecule has 5 nitrogen and oxygen atoms in total. The van der Waals surface area contributed by atoms with Crippen LogP contribution in [-0.2, 0) is 0 Å². The minimum absolute atomic E-state index is 0.0441. The highest BCUT2D eigenvalue weighted by Crippen LogP contribution is 2.25. The average Bonchev–Trinajstić information content (AvgIpc) is 2.97. The molecule has 0 atom stereocenters. The van der Waals surface area contributed by atoms with Gasteiger partial charge in [-0.3, -0.25) is 4.79 Å². The molecule has 2 aromatic rings. The Morgan fingerprint density at radius 1 is 1.19 bits per heavy atom. The van der Waals surface area contributed by atoms with E-state index >= 15 is 0 Å². The van der Waals surface area contributed by atoms with Gasteiger partial charge < -0.3 is 9.80 Å². The molecule has 1 aliphatic heterocycles. The lowest BCUT2D eigenvalue weighted by Gasteiger charge is -2.32. The van der Waals surface area contributed by atoms with Gasteiger partial charge >= 0.3 is 0 Å². The molecule has 110 valence electrons. The molecule has 1 aromatic carbocycles. The van der Waals surface area contributed by atoms with Crippen molar-refractivity contribution in [3.05, 3.63) is 35.0 Å². The van der Waals surface area contributed by atoms with Gasteiger partial charge in [-0.15, -0.1) is 5.10 Å². The van der Waals surface area contributed by atoms with Gasteiger partial charge in [-0.25, -0.2) is 4.39 Å². The molecule has 7 heteroatoms. The summed E-state index contributed by atoms with van der Waals surface area (Å²) >= 11 is 1.09. The first-order chi connectivity index (χ1) is 10.1. The van der Waals surface area contributed by atoms with E-state index < -0.39 is 0 Å². The van der Waals surface area contributed by atoms with Crippen molar-refractivity contribution < 1.29 is 9.18 Å². The van der Waals surface area contributed by atoms with Crippen molar-refractivity contribution in [2.24, 2.45) is 0 Å². The van der Waals surface area contributed by atoms with Gasteiger partial charge in [0.25, 0.3) is 5.91 Å². The number of nitrogens with zero attached hydrogens (tertiary/aromatic N) is 4. The van der Waals surface area contributed by atoms with E-state index in [-0.39, 0.29) is 11.7 Å². The lowest BCUT2D eigenvalue weighted by Crippen LogP contribution is -2.47. The molecule has 1 fully saturated rings. The Morgan fingerprint density at radius 2 is 1.86 bits per heavy atom. The molecule has 0 aliphatic carbocycles. The predicted octanol–water partition coefficient (Wildman–Crippen LogP) is 1.73. The maximum atomic E-state index is 13.0. The van der Waals surface area contributed by atoms with Crippen molar-refractivity contribution in [3.63, 3.8) is 0 Å². The molecule has 3 rings (SSSR count). The highest BCUT2D eigenvalue weighted by Gasteiger charge is 2.25. The zero-order chi connectivity index (χ0) is 14.8. The van der Waals surface area contributed by atoms with Gasteiger partial charge in [-0.1, -0.05) is 4.49 Å². The number of piperazine rings is 1. The first kappa shape index (κ1) is 14.1. The Bertz CT molecular complexity index is 635. The van der Waals surface area contributed by atoms with E-state index in [9.17, 15) is 9.18 Å². The minimum Gasteiger partial charge on any atom is -0.335 e. The van der Waals surface area contributed by atoms with Crippen LogP contribution in [0.1, 0.15) is 9.67 Å². The van der Waals surface area contributed by atoms with Crippen molar-refractivity contribution in [2.75, 3.05) is 33.2 Å². The first-order valence-corrected chi connectivity index (χ1v) is 7.48. The third kappa shape index (κ3) is 2.93. The molecule has 21 heavy (non-hydrogen) atoms. The fourth-order valence-electron chi connectivity index (χ4n) is 2.28. The smallest absolute Gasteiger partial charge is 0.267 e. The van der Waals surface area contributed by atoms with E-state index in [0.717, 1.165) is 24.6 Å². The van der Waals surface area contributed by atoms with Crippen molar-refractivity contribution in [1.82, 2.24) is 19.4 Å². The van der Waals surface area contributed by atoms with Crippen LogP contribution < -0.4 is 0 Å². The van der Waals surface area contributed by atoms with E-state index in [2.05, 4.69) is 14.5 Å². The number of aromatic nitrogens is 2. The number of rotatable bonds is 2. The molecule has 1 amide bonds. The summed E-state index contributed by atoms with van der Waals surface area (Å²) < 4.78 is 16.9. The lowest BCUT2D eigenvalue weighted by atomic mass is 10.1. The summed E-state index contributed by atoms with van der Waals surface area (Å²) in [5, 5.41) is 4.04. The predicted molar refractivity (Wildman–Crippen MR) is 78.7 cm³/mol. The molecule has 1 aromatic heterocycles. The Hall–Kier alpha value is -1.86. The average molecular weight is 306 g/mol. The highest BCUT2D eigenvalue weighted by molar-refractivity contribution is 7.08. The summed E-state index contributed by atoms with van der Waals surface area (Å²) in [6.45, 7) is 3.14. The third-order valence-corrected chi connectivity index (χ3v) is 4.30. The van der Waals surface area contributed by atoms with E-state index in [1.807, 2.05) is 11.9 Å². The van der Waals surface area contributed by atoms with Crippen molar-refractivity contribution in [3.8, 4) is 11.3 Å². The molecule has 0 radical (unpaired) electrons. The molecule has 0 unspecified atom stereocenters. The van der Waals surface area contributed by atoms with Gasteiger partial charge in [-0.05, 0) is 42.8 Å². The van der Waals surface area contributed by atoms with Crippen LogP contribution in [0.15, 0.2) is 24.3 Å². The van der Waals surface area contributed by atoms with Gasteiger partial charge in [0.1, 0.15) is 16.4 Å². The molecule has 0 N–H and O–H groups in total. The van der Waals surface area contributed by atoms with Crippen molar-refractivity contribution >= 4 is 17.4 Å². The quantitative estimate of drug-likeness (QED) is 0.848. The second-order valence-corrected chi connectivity index (χ2v) is 5.81. The van der Waals surface area contributed by atoms with Gasteiger partial charge in [0.15, 0.2) is 0 Å². The van der Waals surface area contributed by atoms with Gasteiger partial charge in [-0.2, -0.15) is 0 Å². The van der Waals surface area contributed by atoms with Crippen LogP contribution >= 0.6 is 11.5 Å². The maximum absolute atomic E-state index is 13.0. The number of hydrogen-bond acceptors (Lipinski definition) is 5. The standard InChI is InChI=1S/C14H15FN4OS/c1-18-6-8-19(9-7-18)14(20)13-12(16-17-21-13)10-2-4-11(15)5-3-10/h2-5H,6-9H2,1H3. The summed E-state index contributed by atoms with van der Waals surface area (Å²) in [6, 6.07) is 5.96. The molecule has 1 aliphatic rings. The number of halogens is 1. The number of amides is 1. The van der Waals surface area contributed by atoms with E-state index in [1.54, 1.807) is 12.1 Å². The van der Waals surface area contributed by atoms with Crippen molar-refractivity contribution in [1.29, 1.82) is 0 Å². The van der Waals surface area contributed by atoms with E-state index in [1.165, 1.54) is 12.1 Å². The normalized spacial score (nSPS) is 16.2. The largest absolute Gasteiger partial charge is 0.335 e. The second kappa shape index (κ2) is 5.87. The monoisotopic (exact) mass is 306 g/mol. The van der Waals surface area contributed by atoms with Crippen LogP contribution in [0.5, 0.6) is 0 Å². The molecule has 1 saturated heterocycles. The van der Waals surface area contributed by atoms with Crippen molar-refractivity contribution in [2.45, 2.75) is 0 Å². The molecule has 2 heterocycles. The zero-order valence-electron chi connectivity index (χ0n) is 11.6. The van der Waals surface area contributed by atoms with Gasteiger partial charge in [0.05, 0.1) is 0 Å². The fourth-order valence-corrected chi connectivity index (χ4v) is 2.94. The van der Waals surface area contributed by atoms with E-state index in [0.29, 0.717) is 29.2 Å². The lowest BCUT2D eigenvalue weighted by molar-refractivity contribution is 0.0669. The molecular formula is C14H15FN4OS.